The summed E-state index contributed by atoms with van der Waals surface area (Å²) in [6, 6.07) is 4.27. The van der Waals surface area contributed by atoms with Crippen LogP contribution >= 0.6 is 0 Å². The number of rotatable bonds is 3. The van der Waals surface area contributed by atoms with Gasteiger partial charge in [-0.2, -0.15) is 4.98 Å². The van der Waals surface area contributed by atoms with Gasteiger partial charge in [-0.15, -0.1) is 0 Å². The molecule has 3 aliphatic heterocycles. The predicted molar refractivity (Wildman–Crippen MR) is 102 cm³/mol. The van der Waals surface area contributed by atoms with Gasteiger partial charge in [0.2, 0.25) is 11.7 Å². The van der Waals surface area contributed by atoms with Crippen LogP contribution in [0.2, 0.25) is 0 Å². The molecule has 5 rings (SSSR count). The number of halogens is 1. The Kier molecular flexibility index (Phi) is 4.21. The number of nitrogens with zero attached hydrogens (tertiary/aromatic N) is 5. The normalized spacial score (nSPS) is 22.2. The zero-order valence-corrected chi connectivity index (χ0v) is 16.9. The monoisotopic (exact) mass is 387 g/mol. The molecule has 3 aliphatic rings. The summed E-state index contributed by atoms with van der Waals surface area (Å²) in [5.74, 6) is 1.35. The number of aromatic nitrogens is 3. The van der Waals surface area contributed by atoms with Crippen molar-refractivity contribution in [2.45, 2.75) is 58.8 Å². The third kappa shape index (κ3) is 3.25. The van der Waals surface area contributed by atoms with Crippen LogP contribution in [0.4, 0.5) is 10.2 Å². The number of piperazine rings is 1. The topological polar surface area (TPSA) is 75.4 Å². The lowest BCUT2D eigenvalue weighted by molar-refractivity contribution is -0.155. The van der Waals surface area contributed by atoms with Crippen molar-refractivity contribution < 1.29 is 13.7 Å². The number of hydrogen-bond acceptors (Lipinski definition) is 6. The van der Waals surface area contributed by atoms with Crippen molar-refractivity contribution in [2.24, 2.45) is 5.41 Å². The Morgan fingerprint density at radius 1 is 1.18 bits per heavy atom. The standard InChI is InChI=1S/C20H26FN5O2/c1-19(2,3)18(27)26-13-8-14(26)11-25(10-13)15-7-6-12(9-22-15)16-23-17(28-24-16)20(4,5)21/h6-7,9,13-14H,8,10-11H2,1-5H3. The molecular weight excluding hydrogens is 361 g/mol. The number of piperidine rings is 1. The summed E-state index contributed by atoms with van der Waals surface area (Å²) in [7, 11) is 0. The molecule has 2 atom stereocenters. The lowest BCUT2D eigenvalue weighted by atomic mass is 9.83. The summed E-state index contributed by atoms with van der Waals surface area (Å²) in [5, 5.41) is 3.84. The quantitative estimate of drug-likeness (QED) is 0.805. The zero-order valence-electron chi connectivity index (χ0n) is 16.9. The van der Waals surface area contributed by atoms with E-state index in [1.165, 1.54) is 13.8 Å². The first kappa shape index (κ1) is 18.8. The van der Waals surface area contributed by atoms with E-state index in [-0.39, 0.29) is 29.3 Å². The van der Waals surface area contributed by atoms with Crippen LogP contribution in [0, 0.1) is 5.41 Å². The number of fused-ring (bicyclic) bond motifs is 2. The Labute approximate surface area is 163 Å². The van der Waals surface area contributed by atoms with Gasteiger partial charge in [0.1, 0.15) is 5.82 Å². The number of alkyl halides is 1. The van der Waals surface area contributed by atoms with Crippen molar-refractivity contribution in [1.82, 2.24) is 20.0 Å². The average molecular weight is 387 g/mol. The second-order valence-corrected chi connectivity index (χ2v) is 9.21. The van der Waals surface area contributed by atoms with Crippen LogP contribution in [-0.2, 0) is 10.5 Å². The third-order valence-electron chi connectivity index (χ3n) is 5.33. The van der Waals surface area contributed by atoms with E-state index in [9.17, 15) is 9.18 Å². The fourth-order valence-electron chi connectivity index (χ4n) is 3.80. The molecule has 2 unspecified atom stereocenters. The molecular formula is C20H26FN5O2. The van der Waals surface area contributed by atoms with Crippen molar-refractivity contribution in [3.05, 3.63) is 24.2 Å². The summed E-state index contributed by atoms with van der Waals surface area (Å²) in [4.78, 5) is 25.5. The van der Waals surface area contributed by atoms with Gasteiger partial charge in [0, 0.05) is 30.3 Å². The lowest BCUT2D eigenvalue weighted by Crippen LogP contribution is -2.71. The van der Waals surface area contributed by atoms with E-state index >= 15 is 0 Å². The Morgan fingerprint density at radius 2 is 1.86 bits per heavy atom. The molecule has 0 aliphatic carbocycles. The molecule has 7 nitrogen and oxygen atoms in total. The van der Waals surface area contributed by atoms with E-state index in [4.69, 9.17) is 4.52 Å². The molecule has 0 radical (unpaired) electrons. The van der Waals surface area contributed by atoms with Crippen molar-refractivity contribution in [3.8, 4) is 11.4 Å². The molecule has 3 saturated heterocycles. The SMILES string of the molecule is CC(C)(C)C(=O)N1C2CC1CN(c1ccc(-c3noc(C(C)(C)F)n3)cn1)C2. The van der Waals surface area contributed by atoms with Crippen molar-refractivity contribution >= 4 is 11.7 Å². The number of anilines is 1. The fourth-order valence-corrected chi connectivity index (χ4v) is 3.80. The zero-order chi connectivity index (χ0) is 20.3. The maximum absolute atomic E-state index is 13.9. The Morgan fingerprint density at radius 3 is 2.36 bits per heavy atom. The summed E-state index contributed by atoms with van der Waals surface area (Å²) >= 11 is 0. The molecule has 5 heterocycles. The van der Waals surface area contributed by atoms with Crippen molar-refractivity contribution in [1.29, 1.82) is 0 Å². The first-order valence-corrected chi connectivity index (χ1v) is 9.61. The highest BCUT2D eigenvalue weighted by Crippen LogP contribution is 2.37. The van der Waals surface area contributed by atoms with E-state index in [0.29, 0.717) is 11.4 Å². The molecule has 28 heavy (non-hydrogen) atoms. The fraction of sp³-hybridized carbons (Fsp3) is 0.600. The van der Waals surface area contributed by atoms with Crippen LogP contribution in [0.5, 0.6) is 0 Å². The number of carbonyl (C=O) groups excluding carboxylic acids is 1. The van der Waals surface area contributed by atoms with Crippen molar-refractivity contribution in [3.63, 3.8) is 0 Å². The highest BCUT2D eigenvalue weighted by atomic mass is 19.1. The predicted octanol–water partition coefficient (Wildman–Crippen LogP) is 3.17. The highest BCUT2D eigenvalue weighted by Gasteiger charge is 2.49. The maximum Gasteiger partial charge on any atom is 0.264 e. The van der Waals surface area contributed by atoms with Gasteiger partial charge in [-0.1, -0.05) is 25.9 Å². The van der Waals surface area contributed by atoms with E-state index in [1.54, 1.807) is 6.20 Å². The van der Waals surface area contributed by atoms with Crippen molar-refractivity contribution in [2.75, 3.05) is 18.0 Å². The van der Waals surface area contributed by atoms with Crippen LogP contribution in [0.1, 0.15) is 46.9 Å². The minimum absolute atomic E-state index is 0.0497. The summed E-state index contributed by atoms with van der Waals surface area (Å²) in [5.41, 5.74) is -1.35. The van der Waals surface area contributed by atoms with Gasteiger partial charge in [0.15, 0.2) is 5.67 Å². The van der Waals surface area contributed by atoms with E-state index < -0.39 is 5.67 Å². The van der Waals surface area contributed by atoms with Gasteiger partial charge in [-0.05, 0) is 32.4 Å². The largest absolute Gasteiger partial charge is 0.352 e. The second-order valence-electron chi connectivity index (χ2n) is 9.21. The van der Waals surface area contributed by atoms with Gasteiger partial charge in [0.25, 0.3) is 5.89 Å². The summed E-state index contributed by atoms with van der Waals surface area (Å²) in [6.07, 6.45) is 2.73. The third-order valence-corrected chi connectivity index (χ3v) is 5.33. The minimum atomic E-state index is -1.68. The molecule has 150 valence electrons. The first-order chi connectivity index (χ1) is 13.0. The van der Waals surface area contributed by atoms with E-state index in [1.807, 2.05) is 37.8 Å². The number of carbonyl (C=O) groups is 1. The number of pyridine rings is 1. The molecule has 2 bridgehead atoms. The average Bonchev–Trinajstić information content (AvgIpc) is 3.11. The van der Waals surface area contributed by atoms with Gasteiger partial charge >= 0.3 is 0 Å². The Balaban J connectivity index is 1.45. The molecule has 0 N–H and O–H groups in total. The Bertz CT molecular complexity index is 869. The van der Waals surface area contributed by atoms with E-state index in [0.717, 1.165) is 25.3 Å². The molecule has 2 aromatic rings. The molecule has 0 aromatic carbocycles. The molecule has 0 spiro atoms. The summed E-state index contributed by atoms with van der Waals surface area (Å²) in [6.45, 7) is 10.2. The molecule has 3 fully saturated rings. The molecule has 2 aromatic heterocycles. The highest BCUT2D eigenvalue weighted by molar-refractivity contribution is 5.83. The van der Waals surface area contributed by atoms with Crippen LogP contribution in [0.3, 0.4) is 0 Å². The lowest BCUT2D eigenvalue weighted by Gasteiger charge is -2.57. The molecule has 0 saturated carbocycles. The Hall–Kier alpha value is -2.51. The minimum Gasteiger partial charge on any atom is -0.352 e. The van der Waals surface area contributed by atoms with Gasteiger partial charge < -0.3 is 14.3 Å². The van der Waals surface area contributed by atoms with Crippen LogP contribution in [0.25, 0.3) is 11.4 Å². The first-order valence-electron chi connectivity index (χ1n) is 9.61. The van der Waals surface area contributed by atoms with Gasteiger partial charge in [-0.3, -0.25) is 4.79 Å². The van der Waals surface area contributed by atoms with Crippen LogP contribution in [-0.4, -0.2) is 51.1 Å². The van der Waals surface area contributed by atoms with Gasteiger partial charge in [0.05, 0.1) is 12.1 Å². The maximum atomic E-state index is 13.9. The van der Waals surface area contributed by atoms with Crippen LogP contribution in [0.15, 0.2) is 22.9 Å². The summed E-state index contributed by atoms with van der Waals surface area (Å²) < 4.78 is 18.9. The molecule has 8 heteroatoms. The van der Waals surface area contributed by atoms with Gasteiger partial charge in [-0.25, -0.2) is 9.37 Å². The van der Waals surface area contributed by atoms with Crippen LogP contribution < -0.4 is 4.90 Å². The second kappa shape index (κ2) is 6.25. The number of hydrogen-bond donors (Lipinski definition) is 0. The molecule has 1 amide bonds. The smallest absolute Gasteiger partial charge is 0.264 e. The number of amides is 1. The van der Waals surface area contributed by atoms with E-state index in [2.05, 4.69) is 20.0 Å².